The summed E-state index contributed by atoms with van der Waals surface area (Å²) in [7, 11) is 3.25. The van der Waals surface area contributed by atoms with Gasteiger partial charge in [-0.05, 0) is 31.5 Å². The van der Waals surface area contributed by atoms with Crippen LogP contribution in [-0.4, -0.2) is 14.2 Å². The molecular weight excluding hydrogens is 176 g/mol. The zero-order valence-corrected chi connectivity index (χ0v) is 8.83. The molecule has 0 aliphatic carbocycles. The molecule has 0 aliphatic rings. The van der Waals surface area contributed by atoms with Crippen molar-refractivity contribution in [2.45, 2.75) is 6.92 Å². The number of rotatable bonds is 3. The Bertz CT molecular complexity index is 336. The molecule has 1 radical (unpaired) electrons. The smallest absolute Gasteiger partial charge is 0.161 e. The van der Waals surface area contributed by atoms with E-state index in [0.29, 0.717) is 0 Å². The lowest BCUT2D eigenvalue weighted by Crippen LogP contribution is -1.90. The normalized spacial score (nSPS) is 11.3. The van der Waals surface area contributed by atoms with Gasteiger partial charge in [0.05, 0.1) is 14.2 Å². The van der Waals surface area contributed by atoms with Crippen LogP contribution in [-0.2, 0) is 0 Å². The van der Waals surface area contributed by atoms with Gasteiger partial charge in [-0.25, -0.2) is 0 Å². The highest BCUT2D eigenvalue weighted by Gasteiger charge is 2.02. The van der Waals surface area contributed by atoms with Crippen LogP contribution in [0, 0.1) is 6.92 Å². The van der Waals surface area contributed by atoms with Gasteiger partial charge in [-0.1, -0.05) is 17.7 Å². The van der Waals surface area contributed by atoms with Crippen molar-refractivity contribution in [1.82, 2.24) is 0 Å². The third-order valence-electron chi connectivity index (χ3n) is 1.82. The van der Waals surface area contributed by atoms with E-state index in [1.54, 1.807) is 14.2 Å². The van der Waals surface area contributed by atoms with Crippen LogP contribution < -0.4 is 9.47 Å². The first-order valence-electron chi connectivity index (χ1n) is 4.39. The van der Waals surface area contributed by atoms with Crippen molar-refractivity contribution >= 4 is 6.08 Å². The number of methoxy groups -OCH3 is 2. The summed E-state index contributed by atoms with van der Waals surface area (Å²) in [6.45, 7) is 5.78. The van der Waals surface area contributed by atoms with E-state index in [4.69, 9.17) is 9.47 Å². The summed E-state index contributed by atoms with van der Waals surface area (Å²) in [6.07, 6.45) is 1.99. The Labute approximate surface area is 85.2 Å². The molecule has 0 N–H and O–H groups in total. The first-order chi connectivity index (χ1) is 6.67. The van der Waals surface area contributed by atoms with Crippen molar-refractivity contribution < 1.29 is 9.47 Å². The molecule has 0 atom stereocenters. The van der Waals surface area contributed by atoms with Crippen LogP contribution in [0.25, 0.3) is 6.08 Å². The second kappa shape index (κ2) is 4.70. The maximum atomic E-state index is 5.18. The maximum Gasteiger partial charge on any atom is 0.161 e. The van der Waals surface area contributed by atoms with Gasteiger partial charge in [0.1, 0.15) is 0 Å². The lowest BCUT2D eigenvalue weighted by atomic mass is 10.1. The summed E-state index contributed by atoms with van der Waals surface area (Å²) in [4.78, 5) is 0. The predicted molar refractivity (Wildman–Crippen MR) is 58.6 cm³/mol. The molecule has 1 aromatic carbocycles. The number of hydrogen-bond donors (Lipinski definition) is 0. The van der Waals surface area contributed by atoms with Gasteiger partial charge in [-0.3, -0.25) is 0 Å². The molecule has 2 heteroatoms. The Hall–Kier alpha value is -1.44. The number of ether oxygens (including phenoxy) is 2. The second-order valence-corrected chi connectivity index (χ2v) is 3.11. The zero-order valence-electron chi connectivity index (χ0n) is 8.83. The van der Waals surface area contributed by atoms with Crippen molar-refractivity contribution in [3.63, 3.8) is 0 Å². The lowest BCUT2D eigenvalue weighted by Gasteiger charge is -2.07. The molecule has 0 saturated heterocycles. The molecule has 0 spiro atoms. The Morgan fingerprint density at radius 1 is 1.21 bits per heavy atom. The van der Waals surface area contributed by atoms with Crippen molar-refractivity contribution in [2.24, 2.45) is 0 Å². The molecule has 14 heavy (non-hydrogen) atoms. The number of benzene rings is 1. The average molecular weight is 191 g/mol. The third-order valence-corrected chi connectivity index (χ3v) is 1.82. The van der Waals surface area contributed by atoms with E-state index in [2.05, 4.69) is 6.92 Å². The highest BCUT2D eigenvalue weighted by atomic mass is 16.5. The first kappa shape index (κ1) is 10.6. The van der Waals surface area contributed by atoms with Crippen LogP contribution in [0.3, 0.4) is 0 Å². The van der Waals surface area contributed by atoms with Crippen LogP contribution in [0.15, 0.2) is 23.8 Å². The third kappa shape index (κ3) is 2.52. The van der Waals surface area contributed by atoms with E-state index in [-0.39, 0.29) is 0 Å². The molecule has 0 unspecified atom stereocenters. The molecule has 0 fully saturated rings. The lowest BCUT2D eigenvalue weighted by molar-refractivity contribution is 0.355. The molecule has 0 aliphatic heterocycles. The molecule has 2 nitrogen and oxygen atoms in total. The summed E-state index contributed by atoms with van der Waals surface area (Å²) < 4.78 is 10.3. The van der Waals surface area contributed by atoms with Gasteiger partial charge < -0.3 is 9.47 Å². The predicted octanol–water partition coefficient (Wildman–Crippen LogP) is 2.94. The van der Waals surface area contributed by atoms with Crippen LogP contribution in [0.2, 0.25) is 0 Å². The Kier molecular flexibility index (Phi) is 3.57. The van der Waals surface area contributed by atoms with E-state index in [0.717, 1.165) is 22.6 Å². The standard InChI is InChI=1S/C12H15O2/c1-9(2)7-10-5-6-11(13-3)12(8-10)14-4/h5-8H,1H2,2-4H3/b9-7+. The number of hydrogen-bond acceptors (Lipinski definition) is 2. The molecule has 0 aromatic heterocycles. The number of allylic oxidation sites excluding steroid dienone is 1. The van der Waals surface area contributed by atoms with Crippen LogP contribution in [0.4, 0.5) is 0 Å². The fourth-order valence-electron chi connectivity index (χ4n) is 1.23. The second-order valence-electron chi connectivity index (χ2n) is 3.11. The maximum absolute atomic E-state index is 5.18. The van der Waals surface area contributed by atoms with E-state index >= 15 is 0 Å². The van der Waals surface area contributed by atoms with Gasteiger partial charge in [0.25, 0.3) is 0 Å². The summed E-state index contributed by atoms with van der Waals surface area (Å²) in [5.41, 5.74) is 2.08. The fourth-order valence-corrected chi connectivity index (χ4v) is 1.23. The zero-order chi connectivity index (χ0) is 10.6. The van der Waals surface area contributed by atoms with Gasteiger partial charge in [-0.15, -0.1) is 0 Å². The highest BCUT2D eigenvalue weighted by molar-refractivity contribution is 5.58. The summed E-state index contributed by atoms with van der Waals surface area (Å²) in [6, 6.07) is 5.77. The van der Waals surface area contributed by atoms with Gasteiger partial charge in [0, 0.05) is 0 Å². The van der Waals surface area contributed by atoms with Gasteiger partial charge in [0.15, 0.2) is 11.5 Å². The first-order valence-corrected chi connectivity index (χ1v) is 4.39. The molecule has 1 aromatic rings. The van der Waals surface area contributed by atoms with Gasteiger partial charge in [-0.2, -0.15) is 0 Å². The largest absolute Gasteiger partial charge is 0.493 e. The Morgan fingerprint density at radius 2 is 1.86 bits per heavy atom. The summed E-state index contributed by atoms with van der Waals surface area (Å²) in [5.74, 6) is 1.48. The molecule has 0 saturated carbocycles. The van der Waals surface area contributed by atoms with Gasteiger partial charge >= 0.3 is 0 Å². The molecule has 1 rings (SSSR count). The quantitative estimate of drug-likeness (QED) is 0.731. The van der Waals surface area contributed by atoms with E-state index in [1.807, 2.05) is 31.2 Å². The summed E-state index contributed by atoms with van der Waals surface area (Å²) in [5, 5.41) is 0. The van der Waals surface area contributed by atoms with E-state index < -0.39 is 0 Å². The van der Waals surface area contributed by atoms with Gasteiger partial charge in [0.2, 0.25) is 0 Å². The van der Waals surface area contributed by atoms with Crippen LogP contribution in [0.1, 0.15) is 12.5 Å². The molecule has 0 heterocycles. The molecule has 0 bridgehead atoms. The van der Waals surface area contributed by atoms with Crippen molar-refractivity contribution in [2.75, 3.05) is 14.2 Å². The highest BCUT2D eigenvalue weighted by Crippen LogP contribution is 2.28. The van der Waals surface area contributed by atoms with Crippen molar-refractivity contribution in [1.29, 1.82) is 0 Å². The molecule has 0 amide bonds. The van der Waals surface area contributed by atoms with E-state index in [9.17, 15) is 0 Å². The van der Waals surface area contributed by atoms with Crippen molar-refractivity contribution in [3.05, 3.63) is 36.3 Å². The topological polar surface area (TPSA) is 18.5 Å². The Morgan fingerprint density at radius 3 is 2.36 bits per heavy atom. The van der Waals surface area contributed by atoms with Crippen molar-refractivity contribution in [3.8, 4) is 11.5 Å². The minimum Gasteiger partial charge on any atom is -0.493 e. The van der Waals surface area contributed by atoms with Crippen LogP contribution >= 0.6 is 0 Å². The fraction of sp³-hybridized carbons (Fsp3) is 0.250. The molecule has 75 valence electrons. The molecular formula is C12H15O2. The average Bonchev–Trinajstić information content (AvgIpc) is 2.16. The minimum atomic E-state index is 0.738. The Balaban J connectivity index is 3.07. The summed E-state index contributed by atoms with van der Waals surface area (Å²) >= 11 is 0. The SMILES string of the molecule is [CH2]/C(C)=C\c1ccc(OC)c(OC)c1. The van der Waals surface area contributed by atoms with Crippen LogP contribution in [0.5, 0.6) is 11.5 Å². The monoisotopic (exact) mass is 191 g/mol. The minimum absolute atomic E-state index is 0.738. The van der Waals surface area contributed by atoms with E-state index in [1.165, 1.54) is 0 Å².